The van der Waals surface area contributed by atoms with E-state index >= 15 is 0 Å². The molecule has 0 saturated carbocycles. The Kier molecular flexibility index (Phi) is 2.76. The molecule has 0 unspecified atom stereocenters. The molecule has 94 valence electrons. The van der Waals surface area contributed by atoms with Crippen molar-refractivity contribution in [1.29, 1.82) is 0 Å². The van der Waals surface area contributed by atoms with Crippen LogP contribution in [0, 0.1) is 6.92 Å². The molecule has 0 aliphatic heterocycles. The van der Waals surface area contributed by atoms with E-state index in [0.29, 0.717) is 5.56 Å². The van der Waals surface area contributed by atoms with Crippen LogP contribution in [-0.4, -0.2) is 16.1 Å². The molecule has 0 aliphatic rings. The first kappa shape index (κ1) is 11.5. The number of benzene rings is 2. The fourth-order valence-electron chi connectivity index (χ4n) is 1.99. The van der Waals surface area contributed by atoms with E-state index in [9.17, 15) is 4.79 Å². The maximum Gasteiger partial charge on any atom is 0.255 e. The van der Waals surface area contributed by atoms with Crippen LogP contribution < -0.4 is 5.32 Å². The van der Waals surface area contributed by atoms with Crippen molar-refractivity contribution in [3.8, 4) is 0 Å². The molecule has 4 nitrogen and oxygen atoms in total. The molecule has 19 heavy (non-hydrogen) atoms. The molecule has 2 aromatic carbocycles. The molecular formula is C15H13N3O. The predicted molar refractivity (Wildman–Crippen MR) is 75.2 cm³/mol. The molecule has 2 N–H and O–H groups in total. The van der Waals surface area contributed by atoms with E-state index in [4.69, 9.17) is 0 Å². The Labute approximate surface area is 110 Å². The van der Waals surface area contributed by atoms with Gasteiger partial charge >= 0.3 is 0 Å². The highest BCUT2D eigenvalue weighted by Gasteiger charge is 2.08. The van der Waals surface area contributed by atoms with E-state index in [1.807, 2.05) is 43.3 Å². The molecule has 0 saturated heterocycles. The molecule has 0 spiro atoms. The van der Waals surface area contributed by atoms with Crippen molar-refractivity contribution in [3.05, 3.63) is 59.8 Å². The van der Waals surface area contributed by atoms with Gasteiger partial charge in [0.25, 0.3) is 5.91 Å². The monoisotopic (exact) mass is 251 g/mol. The number of H-pyrrole nitrogens is 1. The number of nitrogens with zero attached hydrogens (tertiary/aromatic N) is 1. The molecule has 0 atom stereocenters. The number of aryl methyl sites for hydroxylation is 1. The summed E-state index contributed by atoms with van der Waals surface area (Å²) >= 11 is 0. The Balaban J connectivity index is 1.89. The van der Waals surface area contributed by atoms with Gasteiger partial charge in [0.1, 0.15) is 0 Å². The lowest BCUT2D eigenvalue weighted by molar-refractivity contribution is 0.102. The number of fused-ring (bicyclic) bond motifs is 1. The summed E-state index contributed by atoms with van der Waals surface area (Å²) in [5, 5.41) is 10.6. The fourth-order valence-corrected chi connectivity index (χ4v) is 1.99. The lowest BCUT2D eigenvalue weighted by Crippen LogP contribution is -2.12. The first-order valence-corrected chi connectivity index (χ1v) is 6.04. The van der Waals surface area contributed by atoms with E-state index in [0.717, 1.165) is 22.2 Å². The summed E-state index contributed by atoms with van der Waals surface area (Å²) in [6.45, 7) is 1.97. The third-order valence-electron chi connectivity index (χ3n) is 3.10. The molecule has 1 heterocycles. The minimum Gasteiger partial charge on any atom is -0.322 e. The molecular weight excluding hydrogens is 238 g/mol. The standard InChI is InChI=1S/C15H13N3O/c1-10-4-2-3-5-13(10)17-15(19)11-6-7-14-12(8-11)9-16-18-14/h2-9H,1H3,(H,16,18)(H,17,19). The van der Waals surface area contributed by atoms with E-state index < -0.39 is 0 Å². The molecule has 0 bridgehead atoms. The molecule has 0 radical (unpaired) electrons. The highest BCUT2D eigenvalue weighted by atomic mass is 16.1. The number of hydrogen-bond acceptors (Lipinski definition) is 2. The minimum atomic E-state index is -0.114. The molecule has 0 fully saturated rings. The molecule has 0 aliphatic carbocycles. The average molecular weight is 251 g/mol. The van der Waals surface area contributed by atoms with Crippen LogP contribution in [0.4, 0.5) is 5.69 Å². The lowest BCUT2D eigenvalue weighted by Gasteiger charge is -2.08. The van der Waals surface area contributed by atoms with Gasteiger partial charge in [0.15, 0.2) is 0 Å². The molecule has 1 amide bonds. The summed E-state index contributed by atoms with van der Waals surface area (Å²) in [5.41, 5.74) is 3.42. The second-order valence-corrected chi connectivity index (χ2v) is 4.44. The van der Waals surface area contributed by atoms with Crippen LogP contribution in [0.15, 0.2) is 48.7 Å². The Morgan fingerprint density at radius 2 is 2.05 bits per heavy atom. The SMILES string of the molecule is Cc1ccccc1NC(=O)c1ccc2[nH]ncc2c1. The zero-order valence-corrected chi connectivity index (χ0v) is 10.5. The van der Waals surface area contributed by atoms with Gasteiger partial charge in [-0.1, -0.05) is 18.2 Å². The van der Waals surface area contributed by atoms with Crippen LogP contribution in [0.1, 0.15) is 15.9 Å². The van der Waals surface area contributed by atoms with Crippen molar-refractivity contribution in [1.82, 2.24) is 10.2 Å². The topological polar surface area (TPSA) is 57.8 Å². The summed E-state index contributed by atoms with van der Waals surface area (Å²) < 4.78 is 0. The van der Waals surface area contributed by atoms with Crippen molar-refractivity contribution in [2.24, 2.45) is 0 Å². The predicted octanol–water partition coefficient (Wildman–Crippen LogP) is 3.12. The third kappa shape index (κ3) is 2.20. The number of hydrogen-bond donors (Lipinski definition) is 2. The Morgan fingerprint density at radius 3 is 2.89 bits per heavy atom. The maximum atomic E-state index is 12.2. The van der Waals surface area contributed by atoms with E-state index in [2.05, 4.69) is 15.5 Å². The number of carbonyl (C=O) groups is 1. The largest absolute Gasteiger partial charge is 0.322 e. The van der Waals surface area contributed by atoms with Gasteiger partial charge in [-0.05, 0) is 36.8 Å². The van der Waals surface area contributed by atoms with Crippen LogP contribution in [0.25, 0.3) is 10.9 Å². The molecule has 4 heteroatoms. The average Bonchev–Trinajstić information content (AvgIpc) is 2.88. The summed E-state index contributed by atoms with van der Waals surface area (Å²) in [6.07, 6.45) is 1.71. The zero-order valence-electron chi connectivity index (χ0n) is 10.5. The van der Waals surface area contributed by atoms with Crippen LogP contribution in [0.5, 0.6) is 0 Å². The number of rotatable bonds is 2. The van der Waals surface area contributed by atoms with Crippen LogP contribution in [0.3, 0.4) is 0 Å². The number of para-hydroxylation sites is 1. The van der Waals surface area contributed by atoms with E-state index in [1.54, 1.807) is 12.3 Å². The van der Waals surface area contributed by atoms with Gasteiger partial charge in [0.2, 0.25) is 0 Å². The van der Waals surface area contributed by atoms with Gasteiger partial charge in [-0.25, -0.2) is 0 Å². The number of anilines is 1. The van der Waals surface area contributed by atoms with Crippen LogP contribution in [0.2, 0.25) is 0 Å². The first-order chi connectivity index (χ1) is 9.24. The van der Waals surface area contributed by atoms with Crippen molar-refractivity contribution in [2.75, 3.05) is 5.32 Å². The van der Waals surface area contributed by atoms with Gasteiger partial charge in [-0.3, -0.25) is 9.89 Å². The summed E-state index contributed by atoms with van der Waals surface area (Å²) in [4.78, 5) is 12.2. The molecule has 3 rings (SSSR count). The van der Waals surface area contributed by atoms with Gasteiger partial charge in [-0.15, -0.1) is 0 Å². The van der Waals surface area contributed by atoms with Crippen LogP contribution >= 0.6 is 0 Å². The Morgan fingerprint density at radius 1 is 1.21 bits per heavy atom. The second-order valence-electron chi connectivity index (χ2n) is 4.44. The van der Waals surface area contributed by atoms with Crippen molar-refractivity contribution < 1.29 is 4.79 Å². The Hall–Kier alpha value is -2.62. The third-order valence-corrected chi connectivity index (χ3v) is 3.10. The summed E-state index contributed by atoms with van der Waals surface area (Å²) in [7, 11) is 0. The number of aromatic nitrogens is 2. The summed E-state index contributed by atoms with van der Waals surface area (Å²) in [5.74, 6) is -0.114. The fraction of sp³-hybridized carbons (Fsp3) is 0.0667. The Bertz CT molecular complexity index is 746. The first-order valence-electron chi connectivity index (χ1n) is 6.04. The number of amides is 1. The summed E-state index contributed by atoms with van der Waals surface area (Å²) in [6, 6.07) is 13.2. The number of carbonyl (C=O) groups excluding carboxylic acids is 1. The van der Waals surface area contributed by atoms with Gasteiger partial charge in [0, 0.05) is 16.6 Å². The quantitative estimate of drug-likeness (QED) is 0.735. The molecule has 1 aromatic heterocycles. The number of aromatic amines is 1. The maximum absolute atomic E-state index is 12.2. The highest BCUT2D eigenvalue weighted by Crippen LogP contribution is 2.17. The second kappa shape index (κ2) is 4.57. The lowest BCUT2D eigenvalue weighted by atomic mass is 10.1. The highest BCUT2D eigenvalue weighted by molar-refractivity contribution is 6.06. The van der Waals surface area contributed by atoms with Gasteiger partial charge in [0.05, 0.1) is 11.7 Å². The van der Waals surface area contributed by atoms with E-state index in [-0.39, 0.29) is 5.91 Å². The normalized spacial score (nSPS) is 10.6. The van der Waals surface area contributed by atoms with Crippen molar-refractivity contribution >= 4 is 22.5 Å². The van der Waals surface area contributed by atoms with Gasteiger partial charge in [-0.2, -0.15) is 5.10 Å². The minimum absolute atomic E-state index is 0.114. The van der Waals surface area contributed by atoms with Crippen molar-refractivity contribution in [3.63, 3.8) is 0 Å². The number of nitrogens with one attached hydrogen (secondary N) is 2. The smallest absolute Gasteiger partial charge is 0.255 e. The van der Waals surface area contributed by atoms with E-state index in [1.165, 1.54) is 0 Å². The van der Waals surface area contributed by atoms with Gasteiger partial charge < -0.3 is 5.32 Å². The van der Waals surface area contributed by atoms with Crippen molar-refractivity contribution in [2.45, 2.75) is 6.92 Å². The zero-order chi connectivity index (χ0) is 13.2. The molecule has 3 aromatic rings. The van der Waals surface area contributed by atoms with Crippen LogP contribution in [-0.2, 0) is 0 Å².